The predicted octanol–water partition coefficient (Wildman–Crippen LogP) is 3.74. The van der Waals surface area contributed by atoms with E-state index >= 15 is 0 Å². The summed E-state index contributed by atoms with van der Waals surface area (Å²) in [4.78, 5) is 14.7. The van der Waals surface area contributed by atoms with Crippen LogP contribution in [0.1, 0.15) is 34.7 Å². The summed E-state index contributed by atoms with van der Waals surface area (Å²) in [6.07, 6.45) is 2.09. The third kappa shape index (κ3) is 3.13. The van der Waals surface area contributed by atoms with E-state index in [1.807, 2.05) is 30.0 Å². The Labute approximate surface area is 132 Å². The lowest BCUT2D eigenvalue weighted by Gasteiger charge is -2.22. The molecule has 0 radical (unpaired) electrons. The number of rotatable bonds is 4. The number of nitrogens with two attached hydrogens (primary N) is 1. The third-order valence-electron chi connectivity index (χ3n) is 3.59. The van der Waals surface area contributed by atoms with Crippen LogP contribution in [0.25, 0.3) is 0 Å². The second-order valence-electron chi connectivity index (χ2n) is 5.42. The van der Waals surface area contributed by atoms with E-state index in [2.05, 4.69) is 15.9 Å². The van der Waals surface area contributed by atoms with E-state index in [1.54, 1.807) is 12.1 Å². The molecule has 5 heteroatoms. The monoisotopic (exact) mass is 348 g/mol. The summed E-state index contributed by atoms with van der Waals surface area (Å²) in [6, 6.07) is 9.45. The Morgan fingerprint density at radius 2 is 2.14 bits per heavy atom. The van der Waals surface area contributed by atoms with Gasteiger partial charge in [0.15, 0.2) is 0 Å². The summed E-state index contributed by atoms with van der Waals surface area (Å²) in [7, 11) is 0. The van der Waals surface area contributed by atoms with Gasteiger partial charge in [-0.3, -0.25) is 4.79 Å². The van der Waals surface area contributed by atoms with Gasteiger partial charge in [0, 0.05) is 16.2 Å². The van der Waals surface area contributed by atoms with Crippen molar-refractivity contribution in [2.24, 2.45) is 0 Å². The van der Waals surface area contributed by atoms with E-state index in [9.17, 15) is 4.79 Å². The second kappa shape index (κ2) is 5.56. The zero-order chi connectivity index (χ0) is 15.0. The summed E-state index contributed by atoms with van der Waals surface area (Å²) in [5.74, 6) is 1.66. The Morgan fingerprint density at radius 3 is 2.76 bits per heavy atom. The minimum absolute atomic E-state index is 0.00859. The average Bonchev–Trinajstić information content (AvgIpc) is 3.21. The smallest absolute Gasteiger partial charge is 0.255 e. The van der Waals surface area contributed by atoms with Gasteiger partial charge in [-0.2, -0.15) is 0 Å². The van der Waals surface area contributed by atoms with Gasteiger partial charge in [0.1, 0.15) is 11.5 Å². The minimum Gasteiger partial charge on any atom is -0.464 e. The van der Waals surface area contributed by atoms with Crippen molar-refractivity contribution >= 4 is 27.5 Å². The summed E-state index contributed by atoms with van der Waals surface area (Å²) in [5, 5.41) is 0. The van der Waals surface area contributed by atoms with Crippen LogP contribution in [0, 0.1) is 6.92 Å². The fourth-order valence-electron chi connectivity index (χ4n) is 2.35. The first-order valence-electron chi connectivity index (χ1n) is 6.96. The molecule has 0 aliphatic heterocycles. The Bertz CT molecular complexity index is 677. The zero-order valence-electron chi connectivity index (χ0n) is 11.8. The Kier molecular flexibility index (Phi) is 3.76. The highest BCUT2D eigenvalue weighted by Crippen LogP contribution is 2.32. The number of nitrogen functional groups attached to an aromatic ring is 1. The highest BCUT2D eigenvalue weighted by atomic mass is 79.9. The molecular weight excluding hydrogens is 332 g/mol. The summed E-state index contributed by atoms with van der Waals surface area (Å²) in [6.45, 7) is 2.40. The molecule has 4 nitrogen and oxygen atoms in total. The van der Waals surface area contributed by atoms with Crippen LogP contribution < -0.4 is 5.73 Å². The number of benzene rings is 1. The van der Waals surface area contributed by atoms with Crippen LogP contribution in [0.2, 0.25) is 0 Å². The number of hydrogen-bond acceptors (Lipinski definition) is 3. The van der Waals surface area contributed by atoms with Crippen LogP contribution in [-0.4, -0.2) is 16.8 Å². The van der Waals surface area contributed by atoms with Crippen molar-refractivity contribution in [2.45, 2.75) is 32.4 Å². The highest BCUT2D eigenvalue weighted by molar-refractivity contribution is 9.10. The number of carbonyl (C=O) groups is 1. The van der Waals surface area contributed by atoms with Crippen LogP contribution in [0.15, 0.2) is 39.2 Å². The van der Waals surface area contributed by atoms with Crippen LogP contribution in [0.5, 0.6) is 0 Å². The maximum absolute atomic E-state index is 12.8. The van der Waals surface area contributed by atoms with E-state index in [1.165, 1.54) is 0 Å². The minimum atomic E-state index is -0.00859. The quantitative estimate of drug-likeness (QED) is 0.856. The van der Waals surface area contributed by atoms with Gasteiger partial charge in [0.2, 0.25) is 0 Å². The first-order chi connectivity index (χ1) is 10.0. The molecule has 0 unspecified atom stereocenters. The van der Waals surface area contributed by atoms with E-state index < -0.39 is 0 Å². The molecule has 1 aliphatic carbocycles. The topological polar surface area (TPSA) is 59.5 Å². The molecular formula is C16H17BrN2O2. The molecule has 2 aromatic rings. The van der Waals surface area contributed by atoms with Crippen molar-refractivity contribution in [3.63, 3.8) is 0 Å². The average molecular weight is 349 g/mol. The number of aryl methyl sites for hydroxylation is 1. The molecule has 1 fully saturated rings. The highest BCUT2D eigenvalue weighted by Gasteiger charge is 2.34. The molecule has 1 aliphatic rings. The van der Waals surface area contributed by atoms with Crippen molar-refractivity contribution in [2.75, 3.05) is 5.73 Å². The molecule has 1 amide bonds. The lowest BCUT2D eigenvalue weighted by molar-refractivity contribution is 0.0716. The molecule has 0 bridgehead atoms. The number of halogens is 1. The van der Waals surface area contributed by atoms with Gasteiger partial charge in [-0.15, -0.1) is 0 Å². The lowest BCUT2D eigenvalue weighted by atomic mass is 10.1. The first-order valence-corrected chi connectivity index (χ1v) is 7.75. The molecule has 1 saturated carbocycles. The van der Waals surface area contributed by atoms with Crippen LogP contribution in [-0.2, 0) is 6.54 Å². The number of carbonyl (C=O) groups excluding carboxylic acids is 1. The Balaban J connectivity index is 1.86. The number of anilines is 1. The molecule has 1 heterocycles. The van der Waals surface area contributed by atoms with Gasteiger partial charge >= 0.3 is 0 Å². The summed E-state index contributed by atoms with van der Waals surface area (Å²) < 4.78 is 6.37. The second-order valence-corrected chi connectivity index (χ2v) is 6.27. The molecule has 1 aromatic carbocycles. The third-order valence-corrected chi connectivity index (χ3v) is 4.28. The van der Waals surface area contributed by atoms with E-state index in [4.69, 9.17) is 10.2 Å². The zero-order valence-corrected chi connectivity index (χ0v) is 13.4. The van der Waals surface area contributed by atoms with Crippen LogP contribution in [0.3, 0.4) is 0 Å². The Hall–Kier alpha value is -1.75. The SMILES string of the molecule is Cc1ccc(CN(C(=O)c2cc(N)ccc2Br)C2CC2)o1. The number of nitrogens with zero attached hydrogens (tertiary/aromatic N) is 1. The van der Waals surface area contributed by atoms with Gasteiger partial charge in [-0.05, 0) is 66.0 Å². The standard InChI is InChI=1S/C16H17BrN2O2/c1-10-2-6-13(21-10)9-19(12-4-5-12)16(20)14-8-11(18)3-7-15(14)17/h2-3,6-8,12H,4-5,9,18H2,1H3. The van der Waals surface area contributed by atoms with Gasteiger partial charge in [0.25, 0.3) is 5.91 Å². The molecule has 0 atom stereocenters. The number of amides is 1. The van der Waals surface area contributed by atoms with Crippen molar-refractivity contribution in [3.8, 4) is 0 Å². The van der Waals surface area contributed by atoms with Gasteiger partial charge < -0.3 is 15.1 Å². The normalized spacial score (nSPS) is 14.2. The van der Waals surface area contributed by atoms with Crippen molar-refractivity contribution in [1.29, 1.82) is 0 Å². The molecule has 0 spiro atoms. The maximum Gasteiger partial charge on any atom is 0.255 e. The van der Waals surface area contributed by atoms with Crippen LogP contribution in [0.4, 0.5) is 5.69 Å². The van der Waals surface area contributed by atoms with E-state index in [0.29, 0.717) is 23.8 Å². The lowest BCUT2D eigenvalue weighted by Crippen LogP contribution is -2.32. The Morgan fingerprint density at radius 1 is 1.38 bits per heavy atom. The van der Waals surface area contributed by atoms with Crippen molar-refractivity contribution in [1.82, 2.24) is 4.90 Å². The van der Waals surface area contributed by atoms with Gasteiger partial charge in [0.05, 0.1) is 12.1 Å². The first kappa shape index (κ1) is 14.2. The molecule has 2 N–H and O–H groups in total. The fraction of sp³-hybridized carbons (Fsp3) is 0.312. The molecule has 1 aromatic heterocycles. The van der Waals surface area contributed by atoms with Crippen molar-refractivity contribution < 1.29 is 9.21 Å². The number of hydrogen-bond donors (Lipinski definition) is 1. The maximum atomic E-state index is 12.8. The molecule has 0 saturated heterocycles. The number of furan rings is 1. The summed E-state index contributed by atoms with van der Waals surface area (Å²) in [5.41, 5.74) is 6.99. The van der Waals surface area contributed by atoms with Gasteiger partial charge in [-0.25, -0.2) is 0 Å². The molecule has 3 rings (SSSR count). The van der Waals surface area contributed by atoms with E-state index in [-0.39, 0.29) is 5.91 Å². The van der Waals surface area contributed by atoms with E-state index in [0.717, 1.165) is 28.8 Å². The molecule has 110 valence electrons. The fourth-order valence-corrected chi connectivity index (χ4v) is 2.77. The predicted molar refractivity (Wildman–Crippen MR) is 84.9 cm³/mol. The summed E-state index contributed by atoms with van der Waals surface area (Å²) >= 11 is 3.43. The molecule has 21 heavy (non-hydrogen) atoms. The van der Waals surface area contributed by atoms with Crippen LogP contribution >= 0.6 is 15.9 Å². The van der Waals surface area contributed by atoms with Gasteiger partial charge in [-0.1, -0.05) is 0 Å². The van der Waals surface area contributed by atoms with Crippen molar-refractivity contribution in [3.05, 3.63) is 51.9 Å². The largest absolute Gasteiger partial charge is 0.464 e.